The highest BCUT2D eigenvalue weighted by molar-refractivity contribution is 6.17. The first-order valence-corrected chi connectivity index (χ1v) is 4.90. The largest absolute Gasteiger partial charge is 0.450 e. The Balaban J connectivity index is 3.50. The van der Waals surface area contributed by atoms with Crippen LogP contribution in [0.15, 0.2) is 0 Å². The van der Waals surface area contributed by atoms with Crippen LogP contribution in [0.1, 0.15) is 19.8 Å². The van der Waals surface area contributed by atoms with Crippen molar-refractivity contribution in [2.75, 3.05) is 12.5 Å². The van der Waals surface area contributed by atoms with E-state index >= 15 is 0 Å². The third-order valence-corrected chi connectivity index (χ3v) is 1.79. The minimum Gasteiger partial charge on any atom is -0.450 e. The van der Waals surface area contributed by atoms with E-state index in [9.17, 15) is 9.59 Å². The van der Waals surface area contributed by atoms with Gasteiger partial charge >= 0.3 is 6.09 Å². The zero-order chi connectivity index (χ0) is 11.0. The molecule has 0 aromatic rings. The molecule has 2 amide bonds. The molecule has 5 nitrogen and oxygen atoms in total. The summed E-state index contributed by atoms with van der Waals surface area (Å²) < 4.78 is 4.75. The smallest absolute Gasteiger partial charge is 0.407 e. The fraction of sp³-hybridized carbons (Fsp3) is 0.750. The number of carbonyl (C=O) groups excluding carboxylic acids is 2. The number of hydrogen-bond donors (Lipinski definition) is 2. The van der Waals surface area contributed by atoms with Gasteiger partial charge in [0.15, 0.2) is 0 Å². The van der Waals surface area contributed by atoms with E-state index in [1.807, 2.05) is 0 Å². The number of alkyl halides is 1. The van der Waals surface area contributed by atoms with E-state index in [0.717, 1.165) is 6.42 Å². The van der Waals surface area contributed by atoms with Crippen LogP contribution < -0.4 is 11.1 Å². The lowest BCUT2D eigenvalue weighted by atomic mass is 10.3. The van der Waals surface area contributed by atoms with Gasteiger partial charge < -0.3 is 15.8 Å². The molecular formula is C8H15ClN2O3. The average molecular weight is 223 g/mol. The van der Waals surface area contributed by atoms with Crippen LogP contribution in [0, 0.1) is 0 Å². The molecule has 0 saturated heterocycles. The summed E-state index contributed by atoms with van der Waals surface area (Å²) in [5.41, 5.74) is 4.93. The van der Waals surface area contributed by atoms with Gasteiger partial charge in [0, 0.05) is 5.88 Å². The van der Waals surface area contributed by atoms with Gasteiger partial charge in [-0.3, -0.25) is 4.79 Å². The summed E-state index contributed by atoms with van der Waals surface area (Å²) >= 11 is 5.43. The van der Waals surface area contributed by atoms with Gasteiger partial charge in [0.1, 0.15) is 6.04 Å². The van der Waals surface area contributed by atoms with Crippen molar-refractivity contribution in [2.45, 2.75) is 25.8 Å². The summed E-state index contributed by atoms with van der Waals surface area (Å²) in [7, 11) is 0. The maximum absolute atomic E-state index is 10.9. The minimum atomic E-state index is -0.712. The lowest BCUT2D eigenvalue weighted by Gasteiger charge is -2.10. The number of amides is 2. The first-order valence-electron chi connectivity index (χ1n) is 4.36. The molecule has 14 heavy (non-hydrogen) atoms. The minimum absolute atomic E-state index is 0.296. The summed E-state index contributed by atoms with van der Waals surface area (Å²) in [4.78, 5) is 21.5. The zero-order valence-corrected chi connectivity index (χ0v) is 8.84. The Labute approximate surface area is 87.9 Å². The summed E-state index contributed by atoms with van der Waals surface area (Å²) in [5.74, 6) is -0.0504. The molecule has 0 rings (SSSR count). The predicted octanol–water partition coefficient (Wildman–Crippen LogP) is 0.605. The van der Waals surface area contributed by atoms with Crippen LogP contribution in [-0.2, 0) is 9.53 Å². The van der Waals surface area contributed by atoms with Crippen molar-refractivity contribution in [2.24, 2.45) is 5.73 Å². The van der Waals surface area contributed by atoms with E-state index in [2.05, 4.69) is 5.32 Å². The van der Waals surface area contributed by atoms with E-state index in [0.29, 0.717) is 18.9 Å². The molecule has 82 valence electrons. The summed E-state index contributed by atoms with van der Waals surface area (Å²) in [6, 6.07) is -0.712. The number of carbonyl (C=O) groups is 2. The highest BCUT2D eigenvalue weighted by atomic mass is 35.5. The number of halogens is 1. The molecule has 3 N–H and O–H groups in total. The topological polar surface area (TPSA) is 81.4 Å². The van der Waals surface area contributed by atoms with Crippen molar-refractivity contribution in [1.82, 2.24) is 5.32 Å². The molecule has 0 radical (unpaired) electrons. The molecule has 0 heterocycles. The number of rotatable bonds is 6. The maximum atomic E-state index is 10.9. The van der Waals surface area contributed by atoms with Crippen LogP contribution in [0.4, 0.5) is 4.79 Å². The molecule has 1 atom stereocenters. The summed E-state index contributed by atoms with van der Waals surface area (Å²) in [5, 5.41) is 2.29. The number of ether oxygens (including phenoxy) is 1. The molecule has 0 fully saturated rings. The van der Waals surface area contributed by atoms with Crippen molar-refractivity contribution >= 4 is 23.6 Å². The number of nitrogens with two attached hydrogens (primary N) is 1. The van der Waals surface area contributed by atoms with E-state index in [-0.39, 0.29) is 0 Å². The Hall–Kier alpha value is -0.970. The van der Waals surface area contributed by atoms with E-state index < -0.39 is 18.0 Å². The van der Waals surface area contributed by atoms with Crippen molar-refractivity contribution < 1.29 is 14.3 Å². The van der Waals surface area contributed by atoms with Crippen molar-refractivity contribution in [3.63, 3.8) is 0 Å². The van der Waals surface area contributed by atoms with Crippen LogP contribution in [0.25, 0.3) is 0 Å². The van der Waals surface area contributed by atoms with Gasteiger partial charge in [0.25, 0.3) is 0 Å². The standard InChI is InChI=1S/C8H15ClN2O3/c1-6(7(10)12)11-8(13)14-5-3-2-4-9/h6H,2-5H2,1H3,(H2,10,12)(H,11,13). The molecule has 0 aliphatic carbocycles. The van der Waals surface area contributed by atoms with Crippen LogP contribution in [0.5, 0.6) is 0 Å². The lowest BCUT2D eigenvalue weighted by Crippen LogP contribution is -2.42. The van der Waals surface area contributed by atoms with Crippen molar-refractivity contribution in [1.29, 1.82) is 0 Å². The van der Waals surface area contributed by atoms with Crippen LogP contribution in [0.2, 0.25) is 0 Å². The molecule has 0 spiro atoms. The van der Waals surface area contributed by atoms with Gasteiger partial charge in [-0.2, -0.15) is 0 Å². The van der Waals surface area contributed by atoms with Gasteiger partial charge in [-0.25, -0.2) is 4.79 Å². The van der Waals surface area contributed by atoms with Gasteiger partial charge in [0.2, 0.25) is 5.91 Å². The first-order chi connectivity index (χ1) is 6.57. The molecule has 0 aromatic carbocycles. The van der Waals surface area contributed by atoms with Gasteiger partial charge in [0.05, 0.1) is 6.61 Å². The van der Waals surface area contributed by atoms with Gasteiger partial charge in [-0.15, -0.1) is 11.6 Å². The summed E-state index contributed by atoms with van der Waals surface area (Å²) in [6.45, 7) is 1.78. The maximum Gasteiger partial charge on any atom is 0.407 e. The van der Waals surface area contributed by atoms with E-state index in [4.69, 9.17) is 22.1 Å². The van der Waals surface area contributed by atoms with Crippen molar-refractivity contribution in [3.8, 4) is 0 Å². The Kier molecular flexibility index (Phi) is 6.92. The number of primary amides is 1. The average Bonchev–Trinajstić information content (AvgIpc) is 2.12. The predicted molar refractivity (Wildman–Crippen MR) is 53.1 cm³/mol. The molecule has 1 unspecified atom stereocenters. The third kappa shape index (κ3) is 6.54. The third-order valence-electron chi connectivity index (χ3n) is 1.52. The zero-order valence-electron chi connectivity index (χ0n) is 8.09. The lowest BCUT2D eigenvalue weighted by molar-refractivity contribution is -0.119. The van der Waals surface area contributed by atoms with Crippen LogP contribution in [-0.4, -0.2) is 30.5 Å². The van der Waals surface area contributed by atoms with Crippen molar-refractivity contribution in [3.05, 3.63) is 0 Å². The quantitative estimate of drug-likeness (QED) is 0.510. The molecule has 0 saturated carbocycles. The highest BCUT2D eigenvalue weighted by Gasteiger charge is 2.12. The van der Waals surface area contributed by atoms with Gasteiger partial charge in [-0.05, 0) is 19.8 Å². The number of nitrogens with one attached hydrogen (secondary N) is 1. The van der Waals surface area contributed by atoms with E-state index in [1.54, 1.807) is 0 Å². The molecule has 0 bridgehead atoms. The molecule has 0 aliphatic heterocycles. The van der Waals surface area contributed by atoms with Crippen LogP contribution >= 0.6 is 11.6 Å². The Morgan fingerprint density at radius 2 is 2.14 bits per heavy atom. The number of alkyl carbamates (subject to hydrolysis) is 1. The normalized spacial score (nSPS) is 11.9. The number of hydrogen-bond acceptors (Lipinski definition) is 3. The fourth-order valence-corrected chi connectivity index (χ4v) is 0.840. The molecule has 0 aromatic heterocycles. The summed E-state index contributed by atoms with van der Waals surface area (Å²) in [6.07, 6.45) is 0.869. The fourth-order valence-electron chi connectivity index (χ4n) is 0.651. The SMILES string of the molecule is CC(NC(=O)OCCCCCl)C(N)=O. The highest BCUT2D eigenvalue weighted by Crippen LogP contribution is 1.93. The molecule has 6 heteroatoms. The second kappa shape index (κ2) is 7.44. The van der Waals surface area contributed by atoms with E-state index in [1.165, 1.54) is 6.92 Å². The molecule has 0 aliphatic rings. The van der Waals surface area contributed by atoms with Gasteiger partial charge in [-0.1, -0.05) is 0 Å². The molecular weight excluding hydrogens is 208 g/mol. The monoisotopic (exact) mass is 222 g/mol. The Morgan fingerprint density at radius 1 is 1.50 bits per heavy atom. The first kappa shape index (κ1) is 13.0. The second-order valence-electron chi connectivity index (χ2n) is 2.80. The number of unbranched alkanes of at least 4 members (excludes halogenated alkanes) is 1. The Bertz CT molecular complexity index is 199. The second-order valence-corrected chi connectivity index (χ2v) is 3.18. The Morgan fingerprint density at radius 3 is 2.64 bits per heavy atom. The van der Waals surface area contributed by atoms with Crippen LogP contribution in [0.3, 0.4) is 0 Å².